The molecule has 0 N–H and O–H groups in total. The molecule has 0 aliphatic heterocycles. The number of nitro groups is 1. The number of likely N-dealkylation sites (N-methyl/N-ethyl adjacent to an activating group) is 1. The van der Waals surface area contributed by atoms with E-state index < -0.39 is 10.9 Å². The van der Waals surface area contributed by atoms with Gasteiger partial charge in [-0.25, -0.2) is 4.79 Å². The number of carbonyl (C=O) groups is 1. The van der Waals surface area contributed by atoms with Gasteiger partial charge in [-0.1, -0.05) is 0 Å². The first-order valence-electron chi connectivity index (χ1n) is 5.80. The number of esters is 1. The molecular weight excluding hydrogens is 250 g/mol. The molecule has 19 heavy (non-hydrogen) atoms. The first kappa shape index (κ1) is 15.2. The number of hydrogen-bond acceptors (Lipinski definition) is 6. The monoisotopic (exact) mass is 269 g/mol. The third kappa shape index (κ3) is 3.11. The molecule has 7 nitrogen and oxygen atoms in total. The second-order valence-electron chi connectivity index (χ2n) is 4.76. The van der Waals surface area contributed by atoms with Crippen molar-refractivity contribution in [2.24, 2.45) is 0 Å². The van der Waals surface area contributed by atoms with E-state index in [1.54, 1.807) is 38.0 Å². The van der Waals surface area contributed by atoms with E-state index in [-0.39, 0.29) is 17.3 Å². The van der Waals surface area contributed by atoms with Gasteiger partial charge in [0.15, 0.2) is 0 Å². The molecule has 1 rings (SSSR count). The van der Waals surface area contributed by atoms with Crippen LogP contribution in [-0.4, -0.2) is 62.0 Å². The normalized spacial score (nSPS) is 19.3. The number of rotatable bonds is 4. The summed E-state index contributed by atoms with van der Waals surface area (Å²) in [7, 11) is 8.42. The predicted molar refractivity (Wildman–Crippen MR) is 69.9 cm³/mol. The van der Waals surface area contributed by atoms with Crippen molar-refractivity contribution in [3.63, 3.8) is 0 Å². The molecule has 0 amide bonds. The van der Waals surface area contributed by atoms with E-state index in [9.17, 15) is 14.9 Å². The molecule has 1 atom stereocenters. The fraction of sp³-hybridized carbons (Fsp3) is 0.583. The largest absolute Gasteiger partial charge is 0.465 e. The second-order valence-corrected chi connectivity index (χ2v) is 4.76. The molecule has 106 valence electrons. The molecule has 0 heterocycles. The number of carbonyl (C=O) groups excluding carboxylic acids is 1. The van der Waals surface area contributed by atoms with Crippen molar-refractivity contribution in [1.29, 1.82) is 0 Å². The molecule has 1 aliphatic rings. The number of ether oxygens (including phenoxy) is 1. The van der Waals surface area contributed by atoms with Gasteiger partial charge in [0.2, 0.25) is 0 Å². The summed E-state index contributed by atoms with van der Waals surface area (Å²) in [5, 5.41) is 11.1. The standard InChI is InChI=1S/C12H19N3O4/c1-13(2)9-7-10(14(3)4)11(15(17)18)6-8(9)12(16)19-5/h6,10H,7H2,1-5H3/t10-/m0/s1. The molecule has 0 unspecified atom stereocenters. The van der Waals surface area contributed by atoms with E-state index in [0.717, 1.165) is 5.70 Å². The molecule has 0 saturated heterocycles. The smallest absolute Gasteiger partial charge is 0.339 e. The van der Waals surface area contributed by atoms with Crippen LogP contribution in [0.1, 0.15) is 6.42 Å². The van der Waals surface area contributed by atoms with Gasteiger partial charge < -0.3 is 9.64 Å². The molecule has 0 aromatic heterocycles. The molecule has 0 spiro atoms. The van der Waals surface area contributed by atoms with Gasteiger partial charge in [-0.3, -0.25) is 15.0 Å². The Labute approximate surface area is 112 Å². The van der Waals surface area contributed by atoms with Crippen LogP contribution in [0, 0.1) is 10.1 Å². The van der Waals surface area contributed by atoms with Gasteiger partial charge in [0.25, 0.3) is 5.70 Å². The van der Waals surface area contributed by atoms with Crippen molar-refractivity contribution in [3.8, 4) is 0 Å². The van der Waals surface area contributed by atoms with Crippen LogP contribution in [0.2, 0.25) is 0 Å². The fourth-order valence-electron chi connectivity index (χ4n) is 2.06. The Bertz CT molecular complexity index is 452. The summed E-state index contributed by atoms with van der Waals surface area (Å²) in [5.74, 6) is -0.555. The average molecular weight is 269 g/mol. The summed E-state index contributed by atoms with van der Waals surface area (Å²) in [4.78, 5) is 26.0. The van der Waals surface area contributed by atoms with E-state index in [0.29, 0.717) is 6.42 Å². The highest BCUT2D eigenvalue weighted by molar-refractivity contribution is 5.92. The Morgan fingerprint density at radius 3 is 2.37 bits per heavy atom. The molecule has 1 aliphatic carbocycles. The van der Waals surface area contributed by atoms with Crippen molar-refractivity contribution in [2.45, 2.75) is 12.5 Å². The van der Waals surface area contributed by atoms with E-state index >= 15 is 0 Å². The van der Waals surface area contributed by atoms with E-state index in [2.05, 4.69) is 4.74 Å². The molecule has 0 aromatic carbocycles. The lowest BCUT2D eigenvalue weighted by atomic mass is 9.95. The van der Waals surface area contributed by atoms with Crippen LogP contribution >= 0.6 is 0 Å². The summed E-state index contributed by atoms with van der Waals surface area (Å²) in [6, 6.07) is -0.360. The van der Waals surface area contributed by atoms with Crippen LogP contribution in [0.3, 0.4) is 0 Å². The zero-order chi connectivity index (χ0) is 14.7. The second kappa shape index (κ2) is 5.83. The first-order valence-corrected chi connectivity index (χ1v) is 5.80. The van der Waals surface area contributed by atoms with Gasteiger partial charge in [0, 0.05) is 32.3 Å². The van der Waals surface area contributed by atoms with Crippen molar-refractivity contribution >= 4 is 5.97 Å². The number of methoxy groups -OCH3 is 1. The van der Waals surface area contributed by atoms with Crippen LogP contribution in [0.4, 0.5) is 0 Å². The zero-order valence-electron chi connectivity index (χ0n) is 11.8. The minimum absolute atomic E-state index is 0.0102. The summed E-state index contributed by atoms with van der Waals surface area (Å²) in [6.07, 6.45) is 1.71. The van der Waals surface area contributed by atoms with Gasteiger partial charge >= 0.3 is 5.97 Å². The Morgan fingerprint density at radius 2 is 2.00 bits per heavy atom. The summed E-state index contributed by atoms with van der Waals surface area (Å²) < 4.78 is 4.69. The highest BCUT2D eigenvalue weighted by Gasteiger charge is 2.35. The average Bonchev–Trinajstić information content (AvgIpc) is 2.35. The maximum absolute atomic E-state index is 11.7. The third-order valence-corrected chi connectivity index (χ3v) is 3.11. The first-order chi connectivity index (χ1) is 8.79. The molecule has 0 radical (unpaired) electrons. The van der Waals surface area contributed by atoms with E-state index in [1.807, 2.05) is 0 Å². The topological polar surface area (TPSA) is 75.9 Å². The van der Waals surface area contributed by atoms with Gasteiger partial charge in [0.1, 0.15) is 6.04 Å². The summed E-state index contributed by atoms with van der Waals surface area (Å²) in [5.41, 5.74) is 0.990. The number of hydrogen-bond donors (Lipinski definition) is 0. The molecule has 0 fully saturated rings. The lowest BCUT2D eigenvalue weighted by Crippen LogP contribution is -2.38. The number of nitrogens with zero attached hydrogens (tertiary/aromatic N) is 3. The predicted octanol–water partition coefficient (Wildman–Crippen LogP) is 0.470. The molecule has 7 heteroatoms. The summed E-state index contributed by atoms with van der Waals surface area (Å²) >= 11 is 0. The van der Waals surface area contributed by atoms with Crippen molar-refractivity contribution < 1.29 is 14.5 Å². The highest BCUT2D eigenvalue weighted by Crippen LogP contribution is 2.29. The summed E-state index contributed by atoms with van der Waals surface area (Å²) in [6.45, 7) is 0. The van der Waals surface area contributed by atoms with E-state index in [4.69, 9.17) is 0 Å². The Hall–Kier alpha value is -1.89. The Morgan fingerprint density at radius 1 is 1.42 bits per heavy atom. The van der Waals surface area contributed by atoms with Crippen LogP contribution in [0.5, 0.6) is 0 Å². The molecule has 0 aromatic rings. The molecular formula is C12H19N3O4. The lowest BCUT2D eigenvalue weighted by molar-refractivity contribution is -0.433. The van der Waals surface area contributed by atoms with Gasteiger partial charge in [0.05, 0.1) is 17.6 Å². The molecule has 0 bridgehead atoms. The molecule has 0 saturated carbocycles. The van der Waals surface area contributed by atoms with Crippen LogP contribution in [0.15, 0.2) is 23.0 Å². The van der Waals surface area contributed by atoms with E-state index in [1.165, 1.54) is 13.2 Å². The minimum Gasteiger partial charge on any atom is -0.465 e. The van der Waals surface area contributed by atoms with Crippen LogP contribution < -0.4 is 0 Å². The SMILES string of the molecule is COC(=O)C1=C(N(C)C)C[C@H](N(C)C)C([N+](=O)[O-])=C1. The van der Waals surface area contributed by atoms with Crippen LogP contribution in [0.25, 0.3) is 0 Å². The maximum Gasteiger partial charge on any atom is 0.339 e. The highest BCUT2D eigenvalue weighted by atomic mass is 16.6. The Kier molecular flexibility index (Phi) is 4.66. The minimum atomic E-state index is -0.555. The lowest BCUT2D eigenvalue weighted by Gasteiger charge is -2.30. The third-order valence-electron chi connectivity index (χ3n) is 3.11. The van der Waals surface area contributed by atoms with Crippen molar-refractivity contribution in [3.05, 3.63) is 33.2 Å². The van der Waals surface area contributed by atoms with Gasteiger partial charge in [-0.15, -0.1) is 0 Å². The van der Waals surface area contributed by atoms with Crippen molar-refractivity contribution in [2.75, 3.05) is 35.3 Å². The van der Waals surface area contributed by atoms with Gasteiger partial charge in [-0.05, 0) is 14.1 Å². The van der Waals surface area contributed by atoms with Crippen LogP contribution in [-0.2, 0) is 9.53 Å². The quantitative estimate of drug-likeness (QED) is 0.419. The van der Waals surface area contributed by atoms with Gasteiger partial charge in [-0.2, -0.15) is 0 Å². The van der Waals surface area contributed by atoms with Crippen molar-refractivity contribution in [1.82, 2.24) is 9.80 Å². The Balaban J connectivity index is 3.34. The maximum atomic E-state index is 11.7. The zero-order valence-corrected chi connectivity index (χ0v) is 11.8. The fourth-order valence-corrected chi connectivity index (χ4v) is 2.06.